The van der Waals surface area contributed by atoms with Crippen LogP contribution in [0.2, 0.25) is 0 Å². The van der Waals surface area contributed by atoms with Gasteiger partial charge in [-0.25, -0.2) is 17.1 Å². The fraction of sp³-hybridized carbons (Fsp3) is 0.0870. The molecule has 0 heterocycles. The van der Waals surface area contributed by atoms with Crippen molar-refractivity contribution in [3.05, 3.63) is 108 Å². The van der Waals surface area contributed by atoms with Gasteiger partial charge in [0, 0.05) is 6.20 Å². The van der Waals surface area contributed by atoms with Crippen LogP contribution in [-0.2, 0) is 14.9 Å². The number of aryl methyl sites for hydroxylation is 1. The topological polar surface area (TPSA) is 59.0 Å². The van der Waals surface area contributed by atoms with Crippen molar-refractivity contribution >= 4 is 21.9 Å². The summed E-state index contributed by atoms with van der Waals surface area (Å²) in [6, 6.07) is 21.2. The van der Waals surface area contributed by atoms with Gasteiger partial charge in [0.15, 0.2) is 0 Å². The molecule has 3 aromatic carbocycles. The van der Waals surface area contributed by atoms with Crippen LogP contribution in [0.3, 0.4) is 0 Å². The van der Waals surface area contributed by atoms with Gasteiger partial charge < -0.3 is 4.84 Å². The summed E-state index contributed by atoms with van der Waals surface area (Å²) in [5.74, 6) is -0.450. The number of nitrogens with zero attached hydrogens (tertiary/aromatic N) is 2. The second kappa shape index (κ2) is 9.84. The summed E-state index contributed by atoms with van der Waals surface area (Å²) in [5.41, 5.74) is 2.14. The molecule has 154 valence electrons. The molecule has 0 atom stereocenters. The first-order chi connectivity index (χ1) is 14.5. The standard InChI is InChI=1S/C23H21FN2O3S/c1-19-8-14-23(15-9-19)30(27,28)26(22-12-10-21(24)11-13-22)16-5-17-29-25-18-20-6-3-2-4-7-20/h2-16,18H,17H2,1H3/b16-5+,25-18+. The maximum Gasteiger partial charge on any atom is 0.268 e. The summed E-state index contributed by atoms with van der Waals surface area (Å²) in [6.07, 6.45) is 4.46. The Balaban J connectivity index is 1.78. The molecule has 0 unspecified atom stereocenters. The summed E-state index contributed by atoms with van der Waals surface area (Å²) >= 11 is 0. The van der Waals surface area contributed by atoms with E-state index in [1.807, 2.05) is 37.3 Å². The van der Waals surface area contributed by atoms with Crippen molar-refractivity contribution in [3.8, 4) is 0 Å². The van der Waals surface area contributed by atoms with Crippen molar-refractivity contribution in [2.45, 2.75) is 11.8 Å². The van der Waals surface area contributed by atoms with E-state index in [2.05, 4.69) is 5.16 Å². The van der Waals surface area contributed by atoms with Gasteiger partial charge in [0.1, 0.15) is 12.4 Å². The summed E-state index contributed by atoms with van der Waals surface area (Å²) in [6.45, 7) is 1.94. The Labute approximate surface area is 175 Å². The second-order valence-electron chi connectivity index (χ2n) is 6.42. The van der Waals surface area contributed by atoms with E-state index in [0.29, 0.717) is 5.69 Å². The lowest BCUT2D eigenvalue weighted by Gasteiger charge is -2.20. The average Bonchev–Trinajstić information content (AvgIpc) is 2.75. The van der Waals surface area contributed by atoms with Crippen LogP contribution < -0.4 is 4.31 Å². The number of hydrogen-bond acceptors (Lipinski definition) is 4. The quantitative estimate of drug-likeness (QED) is 0.294. The third-order valence-electron chi connectivity index (χ3n) is 4.15. The minimum atomic E-state index is -3.89. The van der Waals surface area contributed by atoms with Crippen molar-refractivity contribution in [2.24, 2.45) is 5.16 Å². The van der Waals surface area contributed by atoms with Crippen LogP contribution in [0.4, 0.5) is 10.1 Å². The number of benzene rings is 3. The van der Waals surface area contributed by atoms with Gasteiger partial charge in [-0.05, 0) is 55.0 Å². The highest BCUT2D eigenvalue weighted by atomic mass is 32.2. The molecule has 3 rings (SSSR count). The van der Waals surface area contributed by atoms with Crippen LogP contribution in [0.15, 0.2) is 101 Å². The Morgan fingerprint density at radius 3 is 2.30 bits per heavy atom. The van der Waals surface area contributed by atoms with E-state index in [4.69, 9.17) is 4.84 Å². The summed E-state index contributed by atoms with van der Waals surface area (Å²) in [7, 11) is -3.89. The number of sulfonamides is 1. The fourth-order valence-corrected chi connectivity index (χ4v) is 3.93. The first-order valence-corrected chi connectivity index (χ1v) is 10.6. The maximum atomic E-state index is 13.3. The predicted octanol–water partition coefficient (Wildman–Crippen LogP) is 4.89. The van der Waals surface area contributed by atoms with Crippen LogP contribution in [0.1, 0.15) is 11.1 Å². The van der Waals surface area contributed by atoms with Gasteiger partial charge >= 0.3 is 0 Å². The van der Waals surface area contributed by atoms with Gasteiger partial charge in [0.05, 0.1) is 16.8 Å². The van der Waals surface area contributed by atoms with Crippen molar-refractivity contribution < 1.29 is 17.6 Å². The molecular formula is C23H21FN2O3S. The molecule has 0 N–H and O–H groups in total. The van der Waals surface area contributed by atoms with Crippen LogP contribution >= 0.6 is 0 Å². The molecule has 30 heavy (non-hydrogen) atoms. The first-order valence-electron chi connectivity index (χ1n) is 9.20. The largest absolute Gasteiger partial charge is 0.391 e. The van der Waals surface area contributed by atoms with Gasteiger partial charge in [-0.3, -0.25) is 0 Å². The van der Waals surface area contributed by atoms with Crippen LogP contribution in [-0.4, -0.2) is 21.2 Å². The molecule has 0 aliphatic carbocycles. The third-order valence-corrected chi connectivity index (χ3v) is 5.86. The van der Waals surface area contributed by atoms with Gasteiger partial charge in [-0.15, -0.1) is 0 Å². The number of hydrogen-bond donors (Lipinski definition) is 0. The molecule has 0 radical (unpaired) electrons. The van der Waals surface area contributed by atoms with Gasteiger partial charge in [-0.1, -0.05) is 53.2 Å². The smallest absolute Gasteiger partial charge is 0.268 e. The molecule has 3 aromatic rings. The lowest BCUT2D eigenvalue weighted by atomic mass is 10.2. The molecule has 0 spiro atoms. The number of halogens is 1. The Bertz CT molecular complexity index is 1110. The minimum Gasteiger partial charge on any atom is -0.391 e. The average molecular weight is 424 g/mol. The molecule has 0 fully saturated rings. The van der Waals surface area contributed by atoms with Crippen molar-refractivity contribution in [3.63, 3.8) is 0 Å². The van der Waals surface area contributed by atoms with Gasteiger partial charge in [-0.2, -0.15) is 0 Å². The molecule has 0 saturated carbocycles. The molecule has 5 nitrogen and oxygen atoms in total. The molecule has 0 amide bonds. The normalized spacial score (nSPS) is 11.8. The first kappa shape index (κ1) is 21.3. The van der Waals surface area contributed by atoms with Crippen LogP contribution in [0, 0.1) is 12.7 Å². The Morgan fingerprint density at radius 1 is 0.967 bits per heavy atom. The predicted molar refractivity (Wildman–Crippen MR) is 116 cm³/mol. The minimum absolute atomic E-state index is 0.0600. The molecular weight excluding hydrogens is 403 g/mol. The monoisotopic (exact) mass is 424 g/mol. The summed E-state index contributed by atoms with van der Waals surface area (Å²) in [4.78, 5) is 5.31. The SMILES string of the molecule is Cc1ccc(S(=O)(=O)N(/C=C/CO/N=C/c2ccccc2)c2ccc(F)cc2)cc1. The Morgan fingerprint density at radius 2 is 1.63 bits per heavy atom. The molecule has 0 aromatic heterocycles. The third kappa shape index (κ3) is 5.55. The van der Waals surface area contributed by atoms with E-state index < -0.39 is 15.8 Å². The maximum absolute atomic E-state index is 13.3. The van der Waals surface area contributed by atoms with Gasteiger partial charge in [0.25, 0.3) is 10.0 Å². The van der Waals surface area contributed by atoms with E-state index in [0.717, 1.165) is 15.4 Å². The highest BCUT2D eigenvalue weighted by Gasteiger charge is 2.23. The highest BCUT2D eigenvalue weighted by Crippen LogP contribution is 2.24. The van der Waals surface area contributed by atoms with Crippen molar-refractivity contribution in [2.75, 3.05) is 10.9 Å². The lowest BCUT2D eigenvalue weighted by molar-refractivity contribution is 0.176. The molecule has 0 saturated heterocycles. The molecule has 0 aliphatic rings. The fourth-order valence-electron chi connectivity index (χ4n) is 2.58. The van der Waals surface area contributed by atoms with E-state index in [-0.39, 0.29) is 11.5 Å². The summed E-state index contributed by atoms with van der Waals surface area (Å²) in [5, 5.41) is 3.86. The lowest BCUT2D eigenvalue weighted by Crippen LogP contribution is -2.25. The van der Waals surface area contributed by atoms with Crippen LogP contribution in [0.25, 0.3) is 0 Å². The zero-order valence-electron chi connectivity index (χ0n) is 16.4. The van der Waals surface area contributed by atoms with E-state index >= 15 is 0 Å². The van der Waals surface area contributed by atoms with E-state index in [9.17, 15) is 12.8 Å². The Hall–Kier alpha value is -3.45. The zero-order chi connectivity index (χ0) is 21.4. The summed E-state index contributed by atoms with van der Waals surface area (Å²) < 4.78 is 40.7. The van der Waals surface area contributed by atoms with E-state index in [1.165, 1.54) is 48.7 Å². The zero-order valence-corrected chi connectivity index (χ0v) is 17.2. The molecule has 0 aliphatic heterocycles. The Kier molecular flexibility index (Phi) is 6.98. The number of rotatable bonds is 8. The second-order valence-corrected chi connectivity index (χ2v) is 8.23. The molecule has 0 bridgehead atoms. The highest BCUT2D eigenvalue weighted by molar-refractivity contribution is 7.93. The van der Waals surface area contributed by atoms with Crippen molar-refractivity contribution in [1.29, 1.82) is 0 Å². The number of anilines is 1. The van der Waals surface area contributed by atoms with Crippen LogP contribution in [0.5, 0.6) is 0 Å². The molecule has 7 heteroatoms. The van der Waals surface area contributed by atoms with Crippen molar-refractivity contribution in [1.82, 2.24) is 0 Å². The van der Waals surface area contributed by atoms with E-state index in [1.54, 1.807) is 18.3 Å². The van der Waals surface area contributed by atoms with Gasteiger partial charge in [0.2, 0.25) is 0 Å². The number of oxime groups is 1.